The van der Waals surface area contributed by atoms with Crippen LogP contribution in [0, 0.1) is 13.8 Å². The molecule has 0 aliphatic rings. The molecule has 3 rings (SSSR count). The third-order valence-corrected chi connectivity index (χ3v) is 4.64. The van der Waals surface area contributed by atoms with E-state index in [-0.39, 0.29) is 0 Å². The van der Waals surface area contributed by atoms with Gasteiger partial charge in [0.2, 0.25) is 0 Å². The third-order valence-electron chi connectivity index (χ3n) is 4.19. The van der Waals surface area contributed by atoms with Crippen LogP contribution in [0.3, 0.4) is 0 Å². The van der Waals surface area contributed by atoms with Crippen LogP contribution >= 0.6 is 11.6 Å². The third kappa shape index (κ3) is 5.72. The number of nitrogens with one attached hydrogen (secondary N) is 1. The number of aryl methyl sites for hydroxylation is 2. The first-order chi connectivity index (χ1) is 14.1. The molecule has 1 heterocycles. The van der Waals surface area contributed by atoms with Crippen LogP contribution in [-0.2, 0) is 13.2 Å². The first-order valence-electron chi connectivity index (χ1n) is 9.34. The van der Waals surface area contributed by atoms with Crippen molar-refractivity contribution in [2.75, 3.05) is 11.9 Å². The first kappa shape index (κ1) is 20.7. The number of anilines is 1. The molecule has 29 heavy (non-hydrogen) atoms. The van der Waals surface area contributed by atoms with Gasteiger partial charge in [0.15, 0.2) is 11.5 Å². The Labute approximate surface area is 176 Å². The van der Waals surface area contributed by atoms with Gasteiger partial charge in [-0.3, -0.25) is 0 Å². The molecule has 150 valence electrons. The summed E-state index contributed by atoms with van der Waals surface area (Å²) in [6.45, 7) is 8.83. The number of rotatable bonds is 9. The topological polar surface area (TPSA) is 56.3 Å². The van der Waals surface area contributed by atoms with Crippen LogP contribution in [0.2, 0.25) is 5.02 Å². The van der Waals surface area contributed by atoms with Crippen LogP contribution in [0.5, 0.6) is 11.5 Å². The fourth-order valence-corrected chi connectivity index (χ4v) is 2.93. The molecule has 0 unspecified atom stereocenters. The molecule has 6 heteroatoms. The number of halogens is 1. The van der Waals surface area contributed by atoms with Crippen molar-refractivity contribution in [1.29, 1.82) is 0 Å². The highest BCUT2D eigenvalue weighted by molar-refractivity contribution is 6.33. The molecule has 0 spiro atoms. The Hall–Kier alpha value is -3.05. The van der Waals surface area contributed by atoms with Crippen molar-refractivity contribution in [2.24, 2.45) is 0 Å². The van der Waals surface area contributed by atoms with E-state index in [0.717, 1.165) is 16.8 Å². The molecule has 2 aromatic carbocycles. The fourth-order valence-electron chi connectivity index (χ4n) is 2.78. The Kier molecular flexibility index (Phi) is 7.09. The summed E-state index contributed by atoms with van der Waals surface area (Å²) >= 11 is 6.31. The smallest absolute Gasteiger partial charge is 0.162 e. The predicted molar refractivity (Wildman–Crippen MR) is 117 cm³/mol. The highest BCUT2D eigenvalue weighted by atomic mass is 35.5. The summed E-state index contributed by atoms with van der Waals surface area (Å²) in [5, 5.41) is 3.80. The van der Waals surface area contributed by atoms with E-state index in [1.54, 1.807) is 6.08 Å². The van der Waals surface area contributed by atoms with E-state index in [2.05, 4.69) is 21.9 Å². The number of aromatic nitrogens is 2. The average molecular weight is 410 g/mol. The van der Waals surface area contributed by atoms with Gasteiger partial charge in [-0.1, -0.05) is 60.7 Å². The largest absolute Gasteiger partial charge is 0.486 e. The van der Waals surface area contributed by atoms with Gasteiger partial charge in [0.05, 0.1) is 5.69 Å². The van der Waals surface area contributed by atoms with Gasteiger partial charge in [-0.25, -0.2) is 9.97 Å². The quantitative estimate of drug-likeness (QED) is 0.473. The fraction of sp³-hybridized carbons (Fsp3) is 0.217. The lowest BCUT2D eigenvalue weighted by Gasteiger charge is -2.15. The zero-order chi connectivity index (χ0) is 20.6. The number of hydrogen-bond donors (Lipinski definition) is 1. The second kappa shape index (κ2) is 9.94. The maximum Gasteiger partial charge on any atom is 0.162 e. The molecule has 1 aromatic heterocycles. The zero-order valence-corrected chi connectivity index (χ0v) is 17.4. The van der Waals surface area contributed by atoms with E-state index in [1.165, 1.54) is 0 Å². The van der Waals surface area contributed by atoms with Crippen molar-refractivity contribution in [1.82, 2.24) is 9.97 Å². The van der Waals surface area contributed by atoms with Crippen LogP contribution in [0.4, 0.5) is 5.82 Å². The van der Waals surface area contributed by atoms with Crippen LogP contribution in [0.1, 0.15) is 22.6 Å². The highest BCUT2D eigenvalue weighted by Gasteiger charge is 2.10. The van der Waals surface area contributed by atoms with Crippen LogP contribution in [0.15, 0.2) is 61.2 Å². The molecule has 0 aliphatic carbocycles. The van der Waals surface area contributed by atoms with Crippen molar-refractivity contribution in [3.8, 4) is 11.5 Å². The Morgan fingerprint density at radius 1 is 1.00 bits per heavy atom. The summed E-state index contributed by atoms with van der Waals surface area (Å²) in [6.07, 6.45) is 1.71. The lowest BCUT2D eigenvalue weighted by molar-refractivity contribution is 0.275. The van der Waals surface area contributed by atoms with Gasteiger partial charge in [0.25, 0.3) is 0 Å². The van der Waals surface area contributed by atoms with Crippen molar-refractivity contribution in [2.45, 2.75) is 27.0 Å². The zero-order valence-electron chi connectivity index (χ0n) is 16.6. The van der Waals surface area contributed by atoms with E-state index >= 15 is 0 Å². The SMILES string of the molecule is C=CCOc1cc(CNc2nc(C)nc(C)c2Cl)ccc1OCc1ccccc1. The summed E-state index contributed by atoms with van der Waals surface area (Å²) < 4.78 is 11.8. The van der Waals surface area contributed by atoms with Gasteiger partial charge in [0.1, 0.15) is 29.9 Å². The van der Waals surface area contributed by atoms with Crippen LogP contribution < -0.4 is 14.8 Å². The summed E-state index contributed by atoms with van der Waals surface area (Å²) in [4.78, 5) is 8.64. The van der Waals surface area contributed by atoms with Crippen LogP contribution in [0.25, 0.3) is 0 Å². The number of hydrogen-bond acceptors (Lipinski definition) is 5. The molecule has 0 aliphatic heterocycles. The van der Waals surface area contributed by atoms with Gasteiger partial charge in [-0.15, -0.1) is 0 Å². The molecule has 0 amide bonds. The molecule has 0 saturated heterocycles. The predicted octanol–water partition coefficient (Wildman–Crippen LogP) is 5.50. The first-order valence-corrected chi connectivity index (χ1v) is 9.72. The Balaban J connectivity index is 1.73. The van der Waals surface area contributed by atoms with Crippen LogP contribution in [-0.4, -0.2) is 16.6 Å². The van der Waals surface area contributed by atoms with Gasteiger partial charge in [-0.05, 0) is 37.1 Å². The molecule has 0 atom stereocenters. The minimum Gasteiger partial charge on any atom is -0.486 e. The van der Waals surface area contributed by atoms with Crippen molar-refractivity contribution >= 4 is 17.4 Å². The molecular weight excluding hydrogens is 386 g/mol. The molecule has 5 nitrogen and oxygen atoms in total. The molecule has 0 fully saturated rings. The summed E-state index contributed by atoms with van der Waals surface area (Å²) in [5.41, 5.74) is 2.86. The minimum atomic E-state index is 0.398. The number of benzene rings is 2. The second-order valence-corrected chi connectivity index (χ2v) is 6.91. The number of nitrogens with zero attached hydrogens (tertiary/aromatic N) is 2. The molecule has 0 saturated carbocycles. The van der Waals surface area contributed by atoms with Gasteiger partial charge >= 0.3 is 0 Å². The second-order valence-electron chi connectivity index (χ2n) is 6.53. The van der Waals surface area contributed by atoms with Crippen molar-refractivity contribution in [3.05, 3.63) is 88.9 Å². The molecule has 0 bridgehead atoms. The number of ether oxygens (including phenoxy) is 2. The molecule has 1 N–H and O–H groups in total. The monoisotopic (exact) mass is 409 g/mol. The van der Waals surface area contributed by atoms with Crippen molar-refractivity contribution in [3.63, 3.8) is 0 Å². The van der Waals surface area contributed by atoms with Crippen molar-refractivity contribution < 1.29 is 9.47 Å². The summed E-state index contributed by atoms with van der Waals surface area (Å²) in [5.74, 6) is 2.65. The summed E-state index contributed by atoms with van der Waals surface area (Å²) in [6, 6.07) is 15.9. The van der Waals surface area contributed by atoms with E-state index in [9.17, 15) is 0 Å². The standard InChI is InChI=1S/C23H24ClN3O2/c1-4-12-28-21-13-19(14-25-23-22(24)16(2)26-17(3)27-23)10-11-20(21)29-15-18-8-6-5-7-9-18/h4-11,13H,1,12,14-15H2,2-3H3,(H,25,26,27). The summed E-state index contributed by atoms with van der Waals surface area (Å²) in [7, 11) is 0. The Morgan fingerprint density at radius 3 is 2.55 bits per heavy atom. The molecular formula is C23H24ClN3O2. The normalized spacial score (nSPS) is 10.4. The lowest BCUT2D eigenvalue weighted by Crippen LogP contribution is -2.06. The molecule has 0 radical (unpaired) electrons. The minimum absolute atomic E-state index is 0.398. The lowest BCUT2D eigenvalue weighted by atomic mass is 10.2. The maximum absolute atomic E-state index is 6.31. The van der Waals surface area contributed by atoms with E-state index in [4.69, 9.17) is 21.1 Å². The Bertz CT molecular complexity index is 977. The van der Waals surface area contributed by atoms with E-state index < -0.39 is 0 Å². The molecule has 3 aromatic rings. The van der Waals surface area contributed by atoms with E-state index in [0.29, 0.717) is 47.9 Å². The Morgan fingerprint density at radius 2 is 1.79 bits per heavy atom. The van der Waals surface area contributed by atoms with Gasteiger partial charge < -0.3 is 14.8 Å². The van der Waals surface area contributed by atoms with E-state index in [1.807, 2.05) is 62.4 Å². The maximum atomic E-state index is 6.31. The highest BCUT2D eigenvalue weighted by Crippen LogP contribution is 2.30. The average Bonchev–Trinajstić information content (AvgIpc) is 2.73. The van der Waals surface area contributed by atoms with Gasteiger partial charge in [-0.2, -0.15) is 0 Å². The van der Waals surface area contributed by atoms with Gasteiger partial charge in [0, 0.05) is 6.54 Å².